The number of hydrogen-bond donors (Lipinski definition) is 1. The first-order chi connectivity index (χ1) is 8.08. The minimum atomic E-state index is -0.865. The summed E-state index contributed by atoms with van der Waals surface area (Å²) in [5.74, 6) is -1.19. The second-order valence-corrected chi connectivity index (χ2v) is 4.45. The summed E-state index contributed by atoms with van der Waals surface area (Å²) in [4.78, 5) is 0. The lowest BCUT2D eigenvalue weighted by molar-refractivity contribution is 0.440. The quantitative estimate of drug-likeness (QED) is 0.941. The van der Waals surface area contributed by atoms with Gasteiger partial charge in [0.1, 0.15) is 5.76 Å². The smallest absolute Gasteiger partial charge is 0.169 e. The van der Waals surface area contributed by atoms with Crippen LogP contribution in [0.2, 0.25) is 0 Å². The summed E-state index contributed by atoms with van der Waals surface area (Å²) in [5.41, 5.74) is 6.10. The van der Waals surface area contributed by atoms with E-state index in [4.69, 9.17) is 10.2 Å². The molecule has 0 aliphatic rings. The van der Waals surface area contributed by atoms with Crippen molar-refractivity contribution in [3.8, 4) is 0 Å². The lowest BCUT2D eigenvalue weighted by Crippen LogP contribution is -2.13. The Morgan fingerprint density at radius 1 is 1.24 bits per heavy atom. The molecule has 1 atom stereocenters. The van der Waals surface area contributed by atoms with Gasteiger partial charge in [-0.3, -0.25) is 0 Å². The van der Waals surface area contributed by atoms with E-state index in [1.54, 1.807) is 12.1 Å². The Kier molecular flexibility index (Phi) is 3.59. The summed E-state index contributed by atoms with van der Waals surface area (Å²) in [6, 6.07) is 6.95. The number of nitrogens with two attached hydrogens (primary N) is 1. The number of hydrogen-bond acceptors (Lipinski definition) is 2. The molecule has 1 unspecified atom stereocenters. The highest BCUT2D eigenvalue weighted by Crippen LogP contribution is 2.23. The summed E-state index contributed by atoms with van der Waals surface area (Å²) >= 11 is 3.16. The lowest BCUT2D eigenvalue weighted by atomic mass is 10.0. The first-order valence-corrected chi connectivity index (χ1v) is 5.81. The minimum Gasteiger partial charge on any atom is -0.453 e. The SMILES string of the molecule is NC(Cc1cccc(F)c1F)c1ccc(Br)o1. The van der Waals surface area contributed by atoms with Gasteiger partial charge >= 0.3 is 0 Å². The van der Waals surface area contributed by atoms with Crippen molar-refractivity contribution in [2.24, 2.45) is 5.73 Å². The van der Waals surface area contributed by atoms with Crippen molar-refractivity contribution in [2.45, 2.75) is 12.5 Å². The predicted octanol–water partition coefficient (Wildman–Crippen LogP) is 3.56. The molecule has 0 aliphatic heterocycles. The van der Waals surface area contributed by atoms with E-state index in [2.05, 4.69) is 15.9 Å². The maximum atomic E-state index is 13.4. The Morgan fingerprint density at radius 3 is 2.65 bits per heavy atom. The average Bonchev–Trinajstić information content (AvgIpc) is 2.72. The molecule has 2 nitrogen and oxygen atoms in total. The van der Waals surface area contributed by atoms with Gasteiger partial charge in [-0.1, -0.05) is 12.1 Å². The average molecular weight is 302 g/mol. The molecule has 0 saturated carbocycles. The lowest BCUT2D eigenvalue weighted by Gasteiger charge is -2.09. The second-order valence-electron chi connectivity index (χ2n) is 3.67. The maximum absolute atomic E-state index is 13.4. The molecule has 0 spiro atoms. The van der Waals surface area contributed by atoms with Crippen molar-refractivity contribution in [1.82, 2.24) is 0 Å². The minimum absolute atomic E-state index is 0.184. The Labute approximate surface area is 106 Å². The van der Waals surface area contributed by atoms with E-state index in [-0.39, 0.29) is 12.0 Å². The highest BCUT2D eigenvalue weighted by molar-refractivity contribution is 9.10. The molecule has 0 aliphatic carbocycles. The molecule has 1 aromatic carbocycles. The molecule has 1 aromatic heterocycles. The zero-order chi connectivity index (χ0) is 12.4. The molecule has 0 bridgehead atoms. The van der Waals surface area contributed by atoms with E-state index in [0.717, 1.165) is 6.07 Å². The van der Waals surface area contributed by atoms with Gasteiger partial charge in [0.05, 0.1) is 6.04 Å². The van der Waals surface area contributed by atoms with Crippen molar-refractivity contribution in [2.75, 3.05) is 0 Å². The van der Waals surface area contributed by atoms with Gasteiger partial charge in [-0.25, -0.2) is 8.78 Å². The number of benzene rings is 1. The van der Waals surface area contributed by atoms with Crippen LogP contribution in [0.3, 0.4) is 0 Å². The Balaban J connectivity index is 2.18. The normalized spacial score (nSPS) is 12.7. The molecule has 0 radical (unpaired) electrons. The molecule has 0 fully saturated rings. The van der Waals surface area contributed by atoms with Crippen LogP contribution in [0.4, 0.5) is 8.78 Å². The van der Waals surface area contributed by atoms with Gasteiger partial charge in [-0.05, 0) is 46.1 Å². The molecular weight excluding hydrogens is 292 g/mol. The van der Waals surface area contributed by atoms with Gasteiger partial charge in [0.25, 0.3) is 0 Å². The molecule has 17 heavy (non-hydrogen) atoms. The van der Waals surface area contributed by atoms with Crippen LogP contribution >= 0.6 is 15.9 Å². The number of furan rings is 1. The van der Waals surface area contributed by atoms with E-state index in [0.29, 0.717) is 10.4 Å². The van der Waals surface area contributed by atoms with Gasteiger partial charge in [-0.15, -0.1) is 0 Å². The Morgan fingerprint density at radius 2 is 2.00 bits per heavy atom. The molecule has 2 N–H and O–H groups in total. The largest absolute Gasteiger partial charge is 0.453 e. The van der Waals surface area contributed by atoms with Crippen LogP contribution in [0.1, 0.15) is 17.4 Å². The number of rotatable bonds is 3. The Hall–Kier alpha value is -1.20. The van der Waals surface area contributed by atoms with Crippen molar-refractivity contribution >= 4 is 15.9 Å². The fraction of sp³-hybridized carbons (Fsp3) is 0.167. The molecular formula is C12H10BrF2NO. The van der Waals surface area contributed by atoms with E-state index in [1.807, 2.05) is 0 Å². The van der Waals surface area contributed by atoms with Crippen molar-refractivity contribution < 1.29 is 13.2 Å². The second kappa shape index (κ2) is 4.98. The topological polar surface area (TPSA) is 39.2 Å². The van der Waals surface area contributed by atoms with Crippen LogP contribution in [-0.4, -0.2) is 0 Å². The summed E-state index contributed by atoms with van der Waals surface area (Å²) < 4.78 is 32.2. The fourth-order valence-corrected chi connectivity index (χ4v) is 1.89. The van der Waals surface area contributed by atoms with Gasteiger partial charge in [-0.2, -0.15) is 0 Å². The molecule has 1 heterocycles. The number of halogens is 3. The maximum Gasteiger partial charge on any atom is 0.169 e. The van der Waals surface area contributed by atoms with Crippen molar-refractivity contribution in [1.29, 1.82) is 0 Å². The Bertz CT molecular complexity index is 527. The monoisotopic (exact) mass is 301 g/mol. The summed E-state index contributed by atoms with van der Waals surface area (Å²) in [6.45, 7) is 0. The van der Waals surface area contributed by atoms with E-state index >= 15 is 0 Å². The van der Waals surface area contributed by atoms with Crippen LogP contribution in [0.15, 0.2) is 39.4 Å². The third-order valence-corrected chi connectivity index (χ3v) is 2.86. The van der Waals surface area contributed by atoms with Crippen LogP contribution in [0.25, 0.3) is 0 Å². The van der Waals surface area contributed by atoms with Crippen LogP contribution in [0, 0.1) is 11.6 Å². The standard InChI is InChI=1S/C12H10BrF2NO/c13-11-5-4-10(17-11)9(16)6-7-2-1-3-8(14)12(7)15/h1-5,9H,6,16H2. The molecule has 90 valence electrons. The van der Waals surface area contributed by atoms with Gasteiger partial charge < -0.3 is 10.2 Å². The molecule has 2 aromatic rings. The first kappa shape index (κ1) is 12.3. The van der Waals surface area contributed by atoms with Crippen molar-refractivity contribution in [3.63, 3.8) is 0 Å². The van der Waals surface area contributed by atoms with E-state index in [9.17, 15) is 8.78 Å². The summed E-state index contributed by atoms with van der Waals surface area (Å²) in [5, 5.41) is 0. The van der Waals surface area contributed by atoms with Gasteiger partial charge in [0.15, 0.2) is 16.3 Å². The zero-order valence-corrected chi connectivity index (χ0v) is 10.4. The van der Waals surface area contributed by atoms with Crippen molar-refractivity contribution in [3.05, 3.63) is 58.0 Å². The summed E-state index contributed by atoms with van der Waals surface area (Å²) in [6.07, 6.45) is 0.184. The van der Waals surface area contributed by atoms with Gasteiger partial charge in [0, 0.05) is 0 Å². The van der Waals surface area contributed by atoms with Crippen LogP contribution < -0.4 is 5.73 Å². The van der Waals surface area contributed by atoms with Gasteiger partial charge in [0.2, 0.25) is 0 Å². The molecule has 2 rings (SSSR count). The van der Waals surface area contributed by atoms with E-state index < -0.39 is 17.7 Å². The third kappa shape index (κ3) is 2.73. The van der Waals surface area contributed by atoms with E-state index in [1.165, 1.54) is 12.1 Å². The predicted molar refractivity (Wildman–Crippen MR) is 63.4 cm³/mol. The zero-order valence-electron chi connectivity index (χ0n) is 8.79. The fourth-order valence-electron chi connectivity index (χ4n) is 1.57. The molecule has 0 saturated heterocycles. The third-order valence-electron chi connectivity index (χ3n) is 2.43. The summed E-state index contributed by atoms with van der Waals surface area (Å²) in [7, 11) is 0. The molecule has 5 heteroatoms. The first-order valence-electron chi connectivity index (χ1n) is 5.01. The molecule has 0 amide bonds. The van der Waals surface area contributed by atoms with Crippen LogP contribution in [0.5, 0.6) is 0 Å². The highest BCUT2D eigenvalue weighted by Gasteiger charge is 2.15. The van der Waals surface area contributed by atoms with Crippen LogP contribution in [-0.2, 0) is 6.42 Å². The highest BCUT2D eigenvalue weighted by atomic mass is 79.9.